The zero-order valence-corrected chi connectivity index (χ0v) is 22.2. The molecule has 1 amide bonds. The number of rotatable bonds is 10. The summed E-state index contributed by atoms with van der Waals surface area (Å²) in [5, 5.41) is 3.15. The van der Waals surface area contributed by atoms with Gasteiger partial charge in [0.1, 0.15) is 5.82 Å². The first kappa shape index (κ1) is 26.0. The molecule has 0 aliphatic rings. The lowest BCUT2D eigenvalue weighted by atomic mass is 10.0. The highest BCUT2D eigenvalue weighted by Crippen LogP contribution is 2.29. The molecule has 4 aromatic rings. The van der Waals surface area contributed by atoms with Crippen LogP contribution < -0.4 is 14.8 Å². The van der Waals surface area contributed by atoms with E-state index in [2.05, 4.69) is 16.0 Å². The van der Waals surface area contributed by atoms with Crippen LogP contribution in [0.3, 0.4) is 0 Å². The summed E-state index contributed by atoms with van der Waals surface area (Å²) in [6, 6.07) is 19.6. The van der Waals surface area contributed by atoms with Crippen LogP contribution in [0.4, 0.5) is 0 Å². The van der Waals surface area contributed by atoms with Gasteiger partial charge < -0.3 is 19.4 Å². The van der Waals surface area contributed by atoms with E-state index in [0.717, 1.165) is 45.7 Å². The van der Waals surface area contributed by atoms with Crippen LogP contribution in [0.15, 0.2) is 66.7 Å². The van der Waals surface area contributed by atoms with Crippen molar-refractivity contribution in [1.82, 2.24) is 14.9 Å². The molecule has 1 aromatic heterocycles. The molecule has 0 radical (unpaired) electrons. The number of methoxy groups -OCH3 is 1. The van der Waals surface area contributed by atoms with E-state index in [0.29, 0.717) is 24.5 Å². The molecule has 3 aromatic carbocycles. The Morgan fingerprint density at radius 2 is 1.89 bits per heavy atom. The number of carbonyl (C=O) groups excluding carboxylic acids is 1. The van der Waals surface area contributed by atoms with Crippen LogP contribution in [0, 0.1) is 13.8 Å². The highest BCUT2D eigenvalue weighted by atomic mass is 16.5. The molecule has 192 valence electrons. The Bertz CT molecular complexity index is 1420. The third-order valence-corrected chi connectivity index (χ3v) is 6.38. The van der Waals surface area contributed by atoms with Gasteiger partial charge in [0.05, 0.1) is 30.8 Å². The number of carbonyl (C=O) groups is 1. The molecule has 0 spiro atoms. The summed E-state index contributed by atoms with van der Waals surface area (Å²) in [4.78, 5) is 17.9. The molecule has 0 aliphatic heterocycles. The van der Waals surface area contributed by atoms with Gasteiger partial charge in [0.25, 0.3) is 5.91 Å². The fraction of sp³-hybridized carbons (Fsp3) is 0.290. The van der Waals surface area contributed by atoms with Crippen molar-refractivity contribution in [3.8, 4) is 11.5 Å². The third-order valence-electron chi connectivity index (χ3n) is 6.38. The molecule has 0 saturated heterocycles. The molecule has 0 aliphatic carbocycles. The van der Waals surface area contributed by atoms with Gasteiger partial charge in [0.2, 0.25) is 0 Å². The number of hydrogen-bond donors (Lipinski definition) is 1. The van der Waals surface area contributed by atoms with E-state index < -0.39 is 0 Å². The second-order valence-electron chi connectivity index (χ2n) is 9.24. The lowest BCUT2D eigenvalue weighted by Gasteiger charge is -2.18. The summed E-state index contributed by atoms with van der Waals surface area (Å²) in [6.07, 6.45) is 4.79. The maximum atomic E-state index is 13.0. The average molecular weight is 498 g/mol. The van der Waals surface area contributed by atoms with Crippen LogP contribution in [0.1, 0.15) is 59.2 Å². The number of ether oxygens (including phenoxy) is 2. The molecule has 6 nitrogen and oxygen atoms in total. The smallest absolute Gasteiger partial charge is 0.252 e. The van der Waals surface area contributed by atoms with Crippen molar-refractivity contribution >= 4 is 23.0 Å². The summed E-state index contributed by atoms with van der Waals surface area (Å²) in [7, 11) is 1.65. The molecule has 0 fully saturated rings. The molecule has 0 bridgehead atoms. The van der Waals surface area contributed by atoms with Gasteiger partial charge in [0.15, 0.2) is 11.5 Å². The number of aryl methyl sites for hydroxylation is 3. The topological polar surface area (TPSA) is 65.4 Å². The molecule has 37 heavy (non-hydrogen) atoms. The van der Waals surface area contributed by atoms with Crippen molar-refractivity contribution in [2.24, 2.45) is 0 Å². The first-order valence-electron chi connectivity index (χ1n) is 12.7. The van der Waals surface area contributed by atoms with Gasteiger partial charge in [-0.3, -0.25) is 4.79 Å². The number of fused-ring (bicyclic) bond motifs is 1. The Morgan fingerprint density at radius 1 is 1.08 bits per heavy atom. The van der Waals surface area contributed by atoms with Gasteiger partial charge in [-0.2, -0.15) is 0 Å². The van der Waals surface area contributed by atoms with Gasteiger partial charge in [-0.1, -0.05) is 48.0 Å². The number of hydrogen-bond acceptors (Lipinski definition) is 4. The first-order valence-corrected chi connectivity index (χ1v) is 12.7. The normalized spacial score (nSPS) is 12.1. The third kappa shape index (κ3) is 6.02. The zero-order chi connectivity index (χ0) is 26.4. The van der Waals surface area contributed by atoms with Crippen molar-refractivity contribution in [1.29, 1.82) is 0 Å². The maximum Gasteiger partial charge on any atom is 0.252 e. The lowest BCUT2D eigenvalue weighted by Crippen LogP contribution is -2.29. The van der Waals surface area contributed by atoms with Crippen LogP contribution in [-0.2, 0) is 6.54 Å². The van der Waals surface area contributed by atoms with E-state index in [1.807, 2.05) is 94.4 Å². The average Bonchev–Trinajstić information content (AvgIpc) is 3.26. The van der Waals surface area contributed by atoms with Crippen molar-refractivity contribution in [3.63, 3.8) is 0 Å². The quantitative estimate of drug-likeness (QED) is 0.249. The number of allylic oxidation sites excluding steroid dienone is 1. The monoisotopic (exact) mass is 497 g/mol. The molecule has 1 atom stereocenters. The van der Waals surface area contributed by atoms with E-state index in [4.69, 9.17) is 14.5 Å². The Balaban J connectivity index is 1.48. The van der Waals surface area contributed by atoms with Crippen LogP contribution in [0.25, 0.3) is 17.1 Å². The Morgan fingerprint density at radius 3 is 2.65 bits per heavy atom. The van der Waals surface area contributed by atoms with Crippen LogP contribution in [0.2, 0.25) is 0 Å². The largest absolute Gasteiger partial charge is 0.493 e. The number of nitrogens with one attached hydrogen (secondary N) is 1. The van der Waals surface area contributed by atoms with E-state index in [-0.39, 0.29) is 11.9 Å². The van der Waals surface area contributed by atoms with E-state index in [9.17, 15) is 4.79 Å². The Kier molecular flexibility index (Phi) is 8.29. The predicted octanol–water partition coefficient (Wildman–Crippen LogP) is 6.65. The number of para-hydroxylation sites is 2. The second-order valence-corrected chi connectivity index (χ2v) is 9.24. The summed E-state index contributed by atoms with van der Waals surface area (Å²) < 4.78 is 13.8. The summed E-state index contributed by atoms with van der Waals surface area (Å²) in [5.41, 5.74) is 5.80. The summed E-state index contributed by atoms with van der Waals surface area (Å²) >= 11 is 0. The molecule has 6 heteroatoms. The maximum absolute atomic E-state index is 13.0. The molecule has 1 N–H and O–H groups in total. The van der Waals surface area contributed by atoms with Crippen molar-refractivity contribution < 1.29 is 14.3 Å². The first-order chi connectivity index (χ1) is 17.9. The number of amides is 1. The van der Waals surface area contributed by atoms with Gasteiger partial charge in [-0.25, -0.2) is 4.98 Å². The van der Waals surface area contributed by atoms with E-state index in [1.54, 1.807) is 7.11 Å². The number of aromatic nitrogens is 2. The van der Waals surface area contributed by atoms with E-state index in [1.165, 1.54) is 0 Å². The Labute approximate surface area is 218 Å². The molecular weight excluding hydrogens is 462 g/mol. The van der Waals surface area contributed by atoms with Gasteiger partial charge >= 0.3 is 0 Å². The second kappa shape index (κ2) is 11.8. The number of benzene rings is 3. The molecule has 1 heterocycles. The van der Waals surface area contributed by atoms with Crippen LogP contribution >= 0.6 is 0 Å². The van der Waals surface area contributed by atoms with Gasteiger partial charge in [-0.15, -0.1) is 0 Å². The molecule has 1 unspecified atom stereocenters. The van der Waals surface area contributed by atoms with Crippen LogP contribution in [0.5, 0.6) is 11.5 Å². The highest BCUT2D eigenvalue weighted by Gasteiger charge is 2.20. The minimum Gasteiger partial charge on any atom is -0.493 e. The minimum atomic E-state index is -0.263. The van der Waals surface area contributed by atoms with Crippen molar-refractivity contribution in [2.75, 3.05) is 13.7 Å². The standard InChI is InChI=1S/C31H35N3O3/c1-6-10-24-14-16-28(29(20-24)36-5)37-18-9-17-34-27-12-8-7-11-26(27)33-30(34)23(4)32-31(35)25-15-13-21(2)19-22(25)3/h6-8,10-16,19-20,23H,9,17-18H2,1-5H3,(H,32,35)/b10-6+. The molecule has 4 rings (SSSR count). The predicted molar refractivity (Wildman–Crippen MR) is 149 cm³/mol. The van der Waals surface area contributed by atoms with Crippen LogP contribution in [-0.4, -0.2) is 29.2 Å². The van der Waals surface area contributed by atoms with E-state index >= 15 is 0 Å². The van der Waals surface area contributed by atoms with Gasteiger partial charge in [-0.05, 0) is 75.6 Å². The fourth-order valence-electron chi connectivity index (χ4n) is 4.57. The fourth-order valence-corrected chi connectivity index (χ4v) is 4.57. The minimum absolute atomic E-state index is 0.0969. The summed E-state index contributed by atoms with van der Waals surface area (Å²) in [5.74, 6) is 2.17. The molecular formula is C31H35N3O3. The highest BCUT2D eigenvalue weighted by molar-refractivity contribution is 5.96. The van der Waals surface area contributed by atoms with Crippen molar-refractivity contribution in [2.45, 2.75) is 46.7 Å². The van der Waals surface area contributed by atoms with Crippen molar-refractivity contribution in [3.05, 3.63) is 94.8 Å². The number of nitrogens with zero attached hydrogens (tertiary/aromatic N) is 2. The summed E-state index contributed by atoms with van der Waals surface area (Å²) in [6.45, 7) is 9.18. The molecule has 0 saturated carbocycles. The lowest BCUT2D eigenvalue weighted by molar-refractivity contribution is 0.0937. The SMILES string of the molecule is C/C=C/c1ccc(OCCCn2c(C(C)NC(=O)c3ccc(C)cc3C)nc3ccccc32)c(OC)c1. The number of imidazole rings is 1. The zero-order valence-electron chi connectivity index (χ0n) is 22.2. The Hall–Kier alpha value is -4.06. The van der Waals surface area contributed by atoms with Gasteiger partial charge in [0, 0.05) is 12.1 Å².